The van der Waals surface area contributed by atoms with Gasteiger partial charge < -0.3 is 9.73 Å². The van der Waals surface area contributed by atoms with E-state index in [1.165, 1.54) is 12.3 Å². The number of nitrogens with zero attached hydrogens (tertiary/aromatic N) is 2. The monoisotopic (exact) mass is 269 g/mol. The van der Waals surface area contributed by atoms with Gasteiger partial charge in [0.1, 0.15) is 18.0 Å². The first-order valence-electron chi connectivity index (χ1n) is 5.68. The number of alkyl halides is 2. The van der Waals surface area contributed by atoms with Gasteiger partial charge in [0.2, 0.25) is 5.91 Å². The van der Waals surface area contributed by atoms with Crippen LogP contribution in [0.1, 0.15) is 23.6 Å². The highest BCUT2D eigenvalue weighted by Crippen LogP contribution is 2.19. The number of carbonyl (C=O) groups excluding carboxylic acids is 1. The summed E-state index contributed by atoms with van der Waals surface area (Å²) in [6, 6.07) is 4.68. The zero-order valence-corrected chi connectivity index (χ0v) is 10.3. The van der Waals surface area contributed by atoms with Crippen LogP contribution in [-0.2, 0) is 17.9 Å². The highest BCUT2D eigenvalue weighted by Gasteiger charge is 2.17. The normalized spacial score (nSPS) is 10.9. The second-order valence-electron chi connectivity index (χ2n) is 4.03. The second-order valence-corrected chi connectivity index (χ2v) is 4.03. The smallest absolute Gasteiger partial charge is 0.280 e. The molecule has 5 nitrogen and oxygen atoms in total. The maximum Gasteiger partial charge on any atom is 0.280 e. The third-order valence-electron chi connectivity index (χ3n) is 2.49. The lowest BCUT2D eigenvalue weighted by molar-refractivity contribution is -0.122. The van der Waals surface area contributed by atoms with Crippen molar-refractivity contribution in [2.24, 2.45) is 0 Å². The van der Waals surface area contributed by atoms with E-state index in [4.69, 9.17) is 4.42 Å². The minimum Gasteiger partial charge on any atom is -0.467 e. The molecule has 0 saturated heterocycles. The molecule has 0 atom stereocenters. The molecule has 1 N–H and O–H groups in total. The van der Waals surface area contributed by atoms with Gasteiger partial charge in [-0.2, -0.15) is 5.10 Å². The Hall–Kier alpha value is -2.18. The highest BCUT2D eigenvalue weighted by atomic mass is 19.3. The molecule has 2 rings (SSSR count). The Kier molecular flexibility index (Phi) is 3.94. The minimum absolute atomic E-state index is 0.218. The fraction of sp³-hybridized carbons (Fsp3) is 0.333. The minimum atomic E-state index is -2.65. The Labute approximate surface area is 108 Å². The molecule has 2 heterocycles. The summed E-state index contributed by atoms with van der Waals surface area (Å²) in [5.41, 5.74) is 0.194. The second kappa shape index (κ2) is 5.64. The average molecular weight is 269 g/mol. The van der Waals surface area contributed by atoms with Crippen LogP contribution in [0, 0.1) is 6.92 Å². The van der Waals surface area contributed by atoms with Crippen molar-refractivity contribution in [1.82, 2.24) is 15.1 Å². The molecule has 0 spiro atoms. The van der Waals surface area contributed by atoms with Crippen molar-refractivity contribution in [3.63, 3.8) is 0 Å². The summed E-state index contributed by atoms with van der Waals surface area (Å²) in [6.07, 6.45) is -1.16. The van der Waals surface area contributed by atoms with Crippen molar-refractivity contribution < 1.29 is 18.0 Å². The molecule has 102 valence electrons. The number of aryl methyl sites for hydroxylation is 1. The molecule has 19 heavy (non-hydrogen) atoms. The fourth-order valence-corrected chi connectivity index (χ4v) is 1.66. The molecule has 0 unspecified atom stereocenters. The van der Waals surface area contributed by atoms with E-state index >= 15 is 0 Å². The van der Waals surface area contributed by atoms with Gasteiger partial charge in [-0.1, -0.05) is 0 Å². The molecule has 0 aliphatic heterocycles. The standard InChI is InChI=1S/C12H13F2N3O2/c1-8-5-10(12(13)14)17(16-8)7-11(18)15-6-9-3-2-4-19-9/h2-5,12H,6-7H2,1H3,(H,15,18). The van der Waals surface area contributed by atoms with Crippen molar-refractivity contribution in [1.29, 1.82) is 0 Å². The number of hydrogen-bond donors (Lipinski definition) is 1. The molecular formula is C12H13F2N3O2. The van der Waals surface area contributed by atoms with Gasteiger partial charge in [0.25, 0.3) is 6.43 Å². The largest absolute Gasteiger partial charge is 0.467 e. The third kappa shape index (κ3) is 3.40. The Morgan fingerprint density at radius 2 is 2.37 bits per heavy atom. The molecule has 0 aliphatic carbocycles. The van der Waals surface area contributed by atoms with Crippen LogP contribution in [0.4, 0.5) is 8.78 Å². The van der Waals surface area contributed by atoms with Gasteiger partial charge in [0.15, 0.2) is 0 Å². The number of furan rings is 1. The molecule has 0 saturated carbocycles. The molecule has 1 amide bonds. The first-order chi connectivity index (χ1) is 9.06. The van der Waals surface area contributed by atoms with E-state index in [2.05, 4.69) is 10.4 Å². The maximum absolute atomic E-state index is 12.7. The predicted molar refractivity (Wildman–Crippen MR) is 62.5 cm³/mol. The van der Waals surface area contributed by atoms with Crippen LogP contribution in [0.5, 0.6) is 0 Å². The predicted octanol–water partition coefficient (Wildman–Crippen LogP) is 2.04. The van der Waals surface area contributed by atoms with E-state index in [-0.39, 0.29) is 18.8 Å². The Balaban J connectivity index is 1.95. The van der Waals surface area contributed by atoms with E-state index in [1.54, 1.807) is 19.1 Å². The van der Waals surface area contributed by atoms with Gasteiger partial charge in [-0.3, -0.25) is 9.48 Å². The van der Waals surface area contributed by atoms with E-state index in [9.17, 15) is 13.6 Å². The van der Waals surface area contributed by atoms with Crippen molar-refractivity contribution >= 4 is 5.91 Å². The number of aromatic nitrogens is 2. The number of carbonyl (C=O) groups is 1. The lowest BCUT2D eigenvalue weighted by Crippen LogP contribution is -2.28. The summed E-state index contributed by atoms with van der Waals surface area (Å²) in [5.74, 6) is 0.195. The van der Waals surface area contributed by atoms with Crippen LogP contribution in [0.15, 0.2) is 28.9 Å². The molecular weight excluding hydrogens is 256 g/mol. The molecule has 0 bridgehead atoms. The van der Waals surface area contributed by atoms with Gasteiger partial charge in [-0.05, 0) is 25.1 Å². The highest BCUT2D eigenvalue weighted by molar-refractivity contribution is 5.75. The zero-order chi connectivity index (χ0) is 13.8. The zero-order valence-electron chi connectivity index (χ0n) is 10.3. The molecule has 0 aliphatic rings. The van der Waals surface area contributed by atoms with Gasteiger partial charge in [-0.25, -0.2) is 8.78 Å². The number of nitrogens with one attached hydrogen (secondary N) is 1. The Bertz CT molecular complexity index is 549. The molecule has 0 fully saturated rings. The maximum atomic E-state index is 12.7. The topological polar surface area (TPSA) is 60.1 Å². The first kappa shape index (κ1) is 13.3. The summed E-state index contributed by atoms with van der Waals surface area (Å²) >= 11 is 0. The summed E-state index contributed by atoms with van der Waals surface area (Å²) in [6.45, 7) is 1.58. The Morgan fingerprint density at radius 3 is 3.00 bits per heavy atom. The Morgan fingerprint density at radius 1 is 1.58 bits per heavy atom. The summed E-state index contributed by atoms with van der Waals surface area (Å²) < 4.78 is 31.4. The van der Waals surface area contributed by atoms with Crippen LogP contribution in [0.2, 0.25) is 0 Å². The number of halogens is 2. The molecule has 7 heteroatoms. The number of hydrogen-bond acceptors (Lipinski definition) is 3. The lowest BCUT2D eigenvalue weighted by atomic mass is 10.4. The van der Waals surface area contributed by atoms with Crippen LogP contribution in [-0.4, -0.2) is 15.7 Å². The average Bonchev–Trinajstić information content (AvgIpc) is 2.96. The molecule has 2 aromatic rings. The van der Waals surface area contributed by atoms with Crippen molar-refractivity contribution in [3.8, 4) is 0 Å². The third-order valence-corrected chi connectivity index (χ3v) is 2.49. The first-order valence-corrected chi connectivity index (χ1v) is 5.68. The van der Waals surface area contributed by atoms with Crippen molar-refractivity contribution in [3.05, 3.63) is 41.6 Å². The quantitative estimate of drug-likeness (QED) is 0.903. The fourth-order valence-electron chi connectivity index (χ4n) is 1.66. The SMILES string of the molecule is Cc1cc(C(F)F)n(CC(=O)NCc2ccco2)n1. The molecule has 0 aromatic carbocycles. The number of amides is 1. The van der Waals surface area contributed by atoms with Crippen molar-refractivity contribution in [2.45, 2.75) is 26.4 Å². The number of rotatable bonds is 5. The van der Waals surface area contributed by atoms with Crippen LogP contribution in [0.25, 0.3) is 0 Å². The van der Waals surface area contributed by atoms with Crippen molar-refractivity contribution in [2.75, 3.05) is 0 Å². The van der Waals surface area contributed by atoms with Gasteiger partial charge in [0.05, 0.1) is 18.5 Å². The van der Waals surface area contributed by atoms with Gasteiger partial charge >= 0.3 is 0 Å². The molecule has 0 radical (unpaired) electrons. The summed E-state index contributed by atoms with van der Waals surface area (Å²) in [5, 5.41) is 6.44. The van der Waals surface area contributed by atoms with E-state index in [0.717, 1.165) is 4.68 Å². The van der Waals surface area contributed by atoms with Crippen LogP contribution < -0.4 is 5.32 Å². The van der Waals surface area contributed by atoms with Crippen LogP contribution >= 0.6 is 0 Å². The van der Waals surface area contributed by atoms with Crippen LogP contribution in [0.3, 0.4) is 0 Å². The van der Waals surface area contributed by atoms with Gasteiger partial charge in [-0.15, -0.1) is 0 Å². The lowest BCUT2D eigenvalue weighted by Gasteiger charge is -2.07. The van der Waals surface area contributed by atoms with E-state index in [0.29, 0.717) is 11.5 Å². The van der Waals surface area contributed by atoms with Gasteiger partial charge in [0, 0.05) is 0 Å². The summed E-state index contributed by atoms with van der Waals surface area (Å²) in [7, 11) is 0. The van der Waals surface area contributed by atoms with E-state index < -0.39 is 12.3 Å². The van der Waals surface area contributed by atoms with E-state index in [1.807, 2.05) is 0 Å². The summed E-state index contributed by atoms with van der Waals surface area (Å²) in [4.78, 5) is 11.6. The molecule has 2 aromatic heterocycles.